The second kappa shape index (κ2) is 3.52. The Kier molecular flexibility index (Phi) is 2.61. The second-order valence-corrected chi connectivity index (χ2v) is 3.16. The Labute approximate surface area is 77.6 Å². The van der Waals surface area contributed by atoms with Crippen LogP contribution in [0.4, 0.5) is 0 Å². The van der Waals surface area contributed by atoms with Crippen LogP contribution in [0.5, 0.6) is 0 Å². The number of hydrogen-bond acceptors (Lipinski definition) is 2. The predicted octanol–water partition coefficient (Wildman–Crippen LogP) is 2.40. The van der Waals surface area contributed by atoms with Gasteiger partial charge >= 0.3 is 0 Å². The predicted molar refractivity (Wildman–Crippen MR) is 51.2 cm³/mol. The summed E-state index contributed by atoms with van der Waals surface area (Å²) in [6.45, 7) is 4.84. The first kappa shape index (κ1) is 9.65. The van der Waals surface area contributed by atoms with Crippen molar-refractivity contribution >= 4 is 11.6 Å². The van der Waals surface area contributed by atoms with E-state index < -0.39 is 0 Å². The molecule has 0 spiro atoms. The molecule has 0 N–H and O–H groups in total. The number of carbonyl (C=O) groups is 2. The fraction of sp³-hybridized carbons (Fsp3) is 0.273. The van der Waals surface area contributed by atoms with E-state index in [0.717, 1.165) is 5.56 Å². The van der Waals surface area contributed by atoms with Crippen LogP contribution in [0, 0.1) is 6.92 Å². The molecule has 0 bridgehead atoms. The zero-order chi connectivity index (χ0) is 10.0. The zero-order valence-electron chi connectivity index (χ0n) is 8.05. The van der Waals surface area contributed by atoms with E-state index in [2.05, 4.69) is 0 Å². The van der Waals surface area contributed by atoms with Gasteiger partial charge in [0, 0.05) is 11.1 Å². The summed E-state index contributed by atoms with van der Waals surface area (Å²) in [7, 11) is 0. The minimum Gasteiger partial charge on any atom is -0.294 e. The first-order valence-corrected chi connectivity index (χ1v) is 4.15. The molecule has 0 aromatic heterocycles. The van der Waals surface area contributed by atoms with Crippen molar-refractivity contribution in [3.63, 3.8) is 0 Å². The van der Waals surface area contributed by atoms with E-state index in [0.29, 0.717) is 11.1 Å². The Balaban J connectivity index is 3.35. The highest BCUT2D eigenvalue weighted by atomic mass is 16.1. The van der Waals surface area contributed by atoms with Crippen LogP contribution in [0.15, 0.2) is 18.2 Å². The van der Waals surface area contributed by atoms with Crippen LogP contribution in [0.25, 0.3) is 0 Å². The van der Waals surface area contributed by atoms with Crippen molar-refractivity contribution in [2.45, 2.75) is 20.8 Å². The van der Waals surface area contributed by atoms with E-state index in [1.807, 2.05) is 13.0 Å². The van der Waals surface area contributed by atoms with Gasteiger partial charge in [0.1, 0.15) is 0 Å². The minimum atomic E-state index is -0.0646. The largest absolute Gasteiger partial charge is 0.294 e. The summed E-state index contributed by atoms with van der Waals surface area (Å²) in [5.74, 6) is -0.126. The van der Waals surface area contributed by atoms with Gasteiger partial charge in [-0.1, -0.05) is 17.7 Å². The Morgan fingerprint density at radius 1 is 1.00 bits per heavy atom. The molecule has 0 heterocycles. The van der Waals surface area contributed by atoms with Gasteiger partial charge < -0.3 is 0 Å². The van der Waals surface area contributed by atoms with Crippen molar-refractivity contribution in [1.82, 2.24) is 0 Å². The standard InChI is InChI=1S/C11H12O2/c1-7-4-5-10(8(2)12)11(6-7)9(3)13/h4-6H,1-3H3. The monoisotopic (exact) mass is 176 g/mol. The summed E-state index contributed by atoms with van der Waals surface area (Å²) in [5.41, 5.74) is 2.03. The van der Waals surface area contributed by atoms with E-state index >= 15 is 0 Å². The number of Topliss-reactive ketones (excluding diaryl/α,β-unsaturated/α-hetero) is 2. The Morgan fingerprint density at radius 3 is 2.00 bits per heavy atom. The summed E-state index contributed by atoms with van der Waals surface area (Å²) < 4.78 is 0. The number of aryl methyl sites for hydroxylation is 1. The van der Waals surface area contributed by atoms with Gasteiger partial charge in [-0.05, 0) is 26.8 Å². The average Bonchev–Trinajstić information content (AvgIpc) is 2.03. The van der Waals surface area contributed by atoms with Gasteiger partial charge in [-0.15, -0.1) is 0 Å². The van der Waals surface area contributed by atoms with Crippen molar-refractivity contribution in [1.29, 1.82) is 0 Å². The average molecular weight is 176 g/mol. The molecule has 1 rings (SSSR count). The number of hydrogen-bond donors (Lipinski definition) is 0. The zero-order valence-corrected chi connectivity index (χ0v) is 8.05. The maximum Gasteiger partial charge on any atom is 0.160 e. The van der Waals surface area contributed by atoms with E-state index in [4.69, 9.17) is 0 Å². The number of carbonyl (C=O) groups excluding carboxylic acids is 2. The second-order valence-electron chi connectivity index (χ2n) is 3.16. The molecule has 68 valence electrons. The third kappa shape index (κ3) is 2.02. The molecule has 1 aromatic rings. The molecule has 0 aliphatic rings. The molecule has 0 aliphatic heterocycles. The first-order chi connectivity index (χ1) is 6.02. The molecule has 0 saturated carbocycles. The molecule has 0 fully saturated rings. The summed E-state index contributed by atoms with van der Waals surface area (Å²) in [6, 6.07) is 5.29. The molecule has 13 heavy (non-hydrogen) atoms. The number of ketones is 2. The number of benzene rings is 1. The van der Waals surface area contributed by atoms with Crippen molar-refractivity contribution in [3.05, 3.63) is 34.9 Å². The molecule has 0 aliphatic carbocycles. The van der Waals surface area contributed by atoms with Gasteiger partial charge in [0.15, 0.2) is 11.6 Å². The van der Waals surface area contributed by atoms with Crippen LogP contribution in [-0.2, 0) is 0 Å². The van der Waals surface area contributed by atoms with Crippen LogP contribution < -0.4 is 0 Å². The van der Waals surface area contributed by atoms with E-state index in [9.17, 15) is 9.59 Å². The lowest BCUT2D eigenvalue weighted by Gasteiger charge is -2.03. The Hall–Kier alpha value is -1.44. The highest BCUT2D eigenvalue weighted by molar-refractivity contribution is 6.07. The molecular weight excluding hydrogens is 164 g/mol. The van der Waals surface area contributed by atoms with Gasteiger partial charge in [-0.2, -0.15) is 0 Å². The van der Waals surface area contributed by atoms with Crippen LogP contribution >= 0.6 is 0 Å². The van der Waals surface area contributed by atoms with E-state index in [1.54, 1.807) is 12.1 Å². The van der Waals surface area contributed by atoms with Crippen molar-refractivity contribution in [3.8, 4) is 0 Å². The molecule has 0 atom stereocenters. The van der Waals surface area contributed by atoms with E-state index in [-0.39, 0.29) is 11.6 Å². The molecule has 0 radical (unpaired) electrons. The van der Waals surface area contributed by atoms with Gasteiger partial charge in [-0.25, -0.2) is 0 Å². The lowest BCUT2D eigenvalue weighted by Crippen LogP contribution is -2.04. The maximum atomic E-state index is 11.2. The Morgan fingerprint density at radius 2 is 1.54 bits per heavy atom. The molecule has 1 aromatic carbocycles. The highest BCUT2D eigenvalue weighted by Gasteiger charge is 2.10. The summed E-state index contributed by atoms with van der Waals surface area (Å²) in [6.07, 6.45) is 0. The lowest BCUT2D eigenvalue weighted by atomic mass is 9.99. The third-order valence-electron chi connectivity index (χ3n) is 1.93. The topological polar surface area (TPSA) is 34.1 Å². The van der Waals surface area contributed by atoms with Gasteiger partial charge in [0.05, 0.1) is 0 Å². The molecule has 2 nitrogen and oxygen atoms in total. The van der Waals surface area contributed by atoms with Gasteiger partial charge in [0.2, 0.25) is 0 Å². The third-order valence-corrected chi connectivity index (χ3v) is 1.93. The fourth-order valence-electron chi connectivity index (χ4n) is 1.26. The van der Waals surface area contributed by atoms with Gasteiger partial charge in [-0.3, -0.25) is 9.59 Å². The van der Waals surface area contributed by atoms with Crippen molar-refractivity contribution < 1.29 is 9.59 Å². The summed E-state index contributed by atoms with van der Waals surface area (Å²) >= 11 is 0. The van der Waals surface area contributed by atoms with Crippen LogP contribution in [0.1, 0.15) is 40.1 Å². The van der Waals surface area contributed by atoms with Crippen LogP contribution in [0.3, 0.4) is 0 Å². The summed E-state index contributed by atoms with van der Waals surface area (Å²) in [5, 5.41) is 0. The summed E-state index contributed by atoms with van der Waals surface area (Å²) in [4.78, 5) is 22.3. The molecule has 0 amide bonds. The van der Waals surface area contributed by atoms with Crippen molar-refractivity contribution in [2.24, 2.45) is 0 Å². The van der Waals surface area contributed by atoms with E-state index in [1.165, 1.54) is 13.8 Å². The first-order valence-electron chi connectivity index (χ1n) is 4.15. The molecule has 0 saturated heterocycles. The minimum absolute atomic E-state index is 0.0612. The maximum absolute atomic E-state index is 11.2. The molecular formula is C11H12O2. The van der Waals surface area contributed by atoms with Gasteiger partial charge in [0.25, 0.3) is 0 Å². The van der Waals surface area contributed by atoms with Crippen LogP contribution in [-0.4, -0.2) is 11.6 Å². The normalized spacial score (nSPS) is 9.77. The quantitative estimate of drug-likeness (QED) is 0.648. The fourth-order valence-corrected chi connectivity index (χ4v) is 1.26. The molecule has 0 unspecified atom stereocenters. The number of rotatable bonds is 2. The SMILES string of the molecule is CC(=O)c1ccc(C)cc1C(C)=O. The smallest absolute Gasteiger partial charge is 0.160 e. The molecule has 2 heteroatoms. The van der Waals surface area contributed by atoms with Crippen LogP contribution in [0.2, 0.25) is 0 Å². The van der Waals surface area contributed by atoms with Crippen molar-refractivity contribution in [2.75, 3.05) is 0 Å². The Bertz CT molecular complexity index is 364. The highest BCUT2D eigenvalue weighted by Crippen LogP contribution is 2.12. The lowest BCUT2D eigenvalue weighted by molar-refractivity contribution is 0.0980.